The van der Waals surface area contributed by atoms with E-state index in [1.807, 2.05) is 12.1 Å². The minimum absolute atomic E-state index is 0.622. The number of halogens is 1. The Kier molecular flexibility index (Phi) is 2.85. The van der Waals surface area contributed by atoms with Gasteiger partial charge < -0.3 is 9.88 Å². The molecule has 2 heterocycles. The van der Waals surface area contributed by atoms with Crippen LogP contribution in [0.15, 0.2) is 24.3 Å². The Morgan fingerprint density at radius 3 is 3.00 bits per heavy atom. The van der Waals surface area contributed by atoms with Crippen LogP contribution >= 0.6 is 11.6 Å². The fourth-order valence-electron chi connectivity index (χ4n) is 2.88. The third kappa shape index (κ3) is 1.85. The molecule has 2 nitrogen and oxygen atoms in total. The largest absolute Gasteiger partial charge is 0.346 e. The van der Waals surface area contributed by atoms with Gasteiger partial charge in [-0.2, -0.15) is 0 Å². The summed E-state index contributed by atoms with van der Waals surface area (Å²) in [6, 6.07) is 8.42. The third-order valence-electron chi connectivity index (χ3n) is 3.76. The lowest BCUT2D eigenvalue weighted by Crippen LogP contribution is -2.29. The summed E-state index contributed by atoms with van der Waals surface area (Å²) in [6.07, 6.45) is 2.54. The minimum Gasteiger partial charge on any atom is -0.346 e. The topological polar surface area (TPSA) is 17.0 Å². The number of benzene rings is 1. The zero-order valence-electron chi connectivity index (χ0n) is 10.0. The molecule has 1 saturated heterocycles. The van der Waals surface area contributed by atoms with E-state index in [4.69, 9.17) is 11.6 Å². The molecule has 0 aliphatic carbocycles. The standard InChI is InChI=1S/C14H17ClN2/c1-17-13(11-5-3-7-16-9-11)8-10-4-2-6-12(15)14(10)17/h2,4,6,8,11,16H,3,5,7,9H2,1H3. The number of piperidine rings is 1. The summed E-state index contributed by atoms with van der Waals surface area (Å²) in [5.41, 5.74) is 2.56. The van der Waals surface area contributed by atoms with Crippen molar-refractivity contribution in [1.82, 2.24) is 9.88 Å². The number of aromatic nitrogens is 1. The molecule has 0 saturated carbocycles. The monoisotopic (exact) mass is 248 g/mol. The Hall–Kier alpha value is -0.990. The molecule has 90 valence electrons. The second-order valence-electron chi connectivity index (χ2n) is 4.85. The van der Waals surface area contributed by atoms with Gasteiger partial charge in [0.1, 0.15) is 0 Å². The maximum Gasteiger partial charge on any atom is 0.0669 e. The maximum absolute atomic E-state index is 6.28. The quantitative estimate of drug-likeness (QED) is 0.820. The van der Waals surface area contributed by atoms with Gasteiger partial charge in [-0.05, 0) is 31.5 Å². The molecule has 0 spiro atoms. The summed E-state index contributed by atoms with van der Waals surface area (Å²) in [6.45, 7) is 2.24. The molecule has 3 rings (SSSR count). The van der Waals surface area contributed by atoms with Crippen molar-refractivity contribution in [3.63, 3.8) is 0 Å². The van der Waals surface area contributed by atoms with Crippen molar-refractivity contribution in [2.24, 2.45) is 7.05 Å². The van der Waals surface area contributed by atoms with Crippen molar-refractivity contribution in [3.05, 3.63) is 35.0 Å². The van der Waals surface area contributed by atoms with Crippen LogP contribution in [-0.2, 0) is 7.05 Å². The highest BCUT2D eigenvalue weighted by atomic mass is 35.5. The molecule has 0 bridgehead atoms. The van der Waals surface area contributed by atoms with E-state index in [1.54, 1.807) is 0 Å². The molecular weight excluding hydrogens is 232 g/mol. The second kappa shape index (κ2) is 4.35. The van der Waals surface area contributed by atoms with Crippen molar-refractivity contribution in [3.8, 4) is 0 Å². The Labute approximate surface area is 107 Å². The number of fused-ring (bicyclic) bond motifs is 1. The van der Waals surface area contributed by atoms with Crippen LogP contribution in [0.3, 0.4) is 0 Å². The molecule has 1 aromatic carbocycles. The molecule has 1 fully saturated rings. The van der Waals surface area contributed by atoms with Crippen LogP contribution in [0.2, 0.25) is 5.02 Å². The summed E-state index contributed by atoms with van der Waals surface area (Å²) < 4.78 is 2.26. The predicted molar refractivity (Wildman–Crippen MR) is 72.8 cm³/mol. The minimum atomic E-state index is 0.622. The van der Waals surface area contributed by atoms with E-state index in [0.717, 1.165) is 23.6 Å². The summed E-state index contributed by atoms with van der Waals surface area (Å²) >= 11 is 6.28. The molecule has 3 heteroatoms. The highest BCUT2D eigenvalue weighted by molar-refractivity contribution is 6.35. The first-order valence-electron chi connectivity index (χ1n) is 6.22. The molecule has 0 radical (unpaired) electrons. The SMILES string of the molecule is Cn1c(C2CCCNC2)cc2cccc(Cl)c21. The van der Waals surface area contributed by atoms with Crippen molar-refractivity contribution in [2.75, 3.05) is 13.1 Å². The Morgan fingerprint density at radius 1 is 1.41 bits per heavy atom. The van der Waals surface area contributed by atoms with Crippen LogP contribution in [0.1, 0.15) is 24.5 Å². The average molecular weight is 249 g/mol. The van der Waals surface area contributed by atoms with Gasteiger partial charge in [0.15, 0.2) is 0 Å². The van der Waals surface area contributed by atoms with Gasteiger partial charge in [0, 0.05) is 30.6 Å². The summed E-state index contributed by atoms with van der Waals surface area (Å²) in [5.74, 6) is 0.622. The fraction of sp³-hybridized carbons (Fsp3) is 0.429. The summed E-state index contributed by atoms with van der Waals surface area (Å²) in [7, 11) is 2.12. The number of aryl methyl sites for hydroxylation is 1. The zero-order valence-corrected chi connectivity index (χ0v) is 10.8. The summed E-state index contributed by atoms with van der Waals surface area (Å²) in [4.78, 5) is 0. The van der Waals surface area contributed by atoms with Gasteiger partial charge in [-0.25, -0.2) is 0 Å². The van der Waals surface area contributed by atoms with Gasteiger partial charge in [0.05, 0.1) is 10.5 Å². The second-order valence-corrected chi connectivity index (χ2v) is 5.26. The molecular formula is C14H17ClN2. The highest BCUT2D eigenvalue weighted by Crippen LogP contribution is 2.31. The van der Waals surface area contributed by atoms with Crippen molar-refractivity contribution in [2.45, 2.75) is 18.8 Å². The average Bonchev–Trinajstić information content (AvgIpc) is 2.69. The Balaban J connectivity index is 2.10. The first kappa shape index (κ1) is 11.1. The van der Waals surface area contributed by atoms with Gasteiger partial charge in [-0.1, -0.05) is 23.7 Å². The Bertz CT molecular complexity index is 538. The molecule has 0 amide bonds. The van der Waals surface area contributed by atoms with E-state index in [0.29, 0.717) is 5.92 Å². The highest BCUT2D eigenvalue weighted by Gasteiger charge is 2.19. The lowest BCUT2D eigenvalue weighted by atomic mass is 9.96. The van der Waals surface area contributed by atoms with Crippen LogP contribution < -0.4 is 5.32 Å². The van der Waals surface area contributed by atoms with E-state index in [-0.39, 0.29) is 0 Å². The maximum atomic E-state index is 6.28. The Morgan fingerprint density at radius 2 is 2.29 bits per heavy atom. The van der Waals surface area contributed by atoms with Crippen LogP contribution in [0.25, 0.3) is 10.9 Å². The first-order chi connectivity index (χ1) is 8.27. The number of nitrogens with one attached hydrogen (secondary N) is 1. The molecule has 17 heavy (non-hydrogen) atoms. The molecule has 2 aromatic rings. The molecule has 1 atom stereocenters. The van der Waals surface area contributed by atoms with Crippen molar-refractivity contribution in [1.29, 1.82) is 0 Å². The van der Waals surface area contributed by atoms with Crippen LogP contribution in [-0.4, -0.2) is 17.7 Å². The number of nitrogens with zero attached hydrogens (tertiary/aromatic N) is 1. The number of hydrogen-bond acceptors (Lipinski definition) is 1. The lowest BCUT2D eigenvalue weighted by Gasteiger charge is -2.23. The fourth-order valence-corrected chi connectivity index (χ4v) is 3.19. The normalized spacial score (nSPS) is 20.9. The van der Waals surface area contributed by atoms with E-state index < -0.39 is 0 Å². The van der Waals surface area contributed by atoms with Gasteiger partial charge >= 0.3 is 0 Å². The predicted octanol–water partition coefficient (Wildman–Crippen LogP) is 3.30. The third-order valence-corrected chi connectivity index (χ3v) is 4.06. The van der Waals surface area contributed by atoms with E-state index in [9.17, 15) is 0 Å². The number of hydrogen-bond donors (Lipinski definition) is 1. The van der Waals surface area contributed by atoms with Gasteiger partial charge in [-0.15, -0.1) is 0 Å². The molecule has 1 aliphatic heterocycles. The smallest absolute Gasteiger partial charge is 0.0669 e. The van der Waals surface area contributed by atoms with Crippen molar-refractivity contribution >= 4 is 22.5 Å². The molecule has 1 aromatic heterocycles. The van der Waals surface area contributed by atoms with Gasteiger partial charge in [0.25, 0.3) is 0 Å². The van der Waals surface area contributed by atoms with E-state index in [2.05, 4.69) is 29.1 Å². The van der Waals surface area contributed by atoms with Crippen molar-refractivity contribution < 1.29 is 0 Å². The molecule has 1 aliphatic rings. The van der Waals surface area contributed by atoms with Gasteiger partial charge in [0.2, 0.25) is 0 Å². The van der Waals surface area contributed by atoms with Crippen LogP contribution in [0.5, 0.6) is 0 Å². The molecule has 1 unspecified atom stereocenters. The van der Waals surface area contributed by atoms with Crippen LogP contribution in [0, 0.1) is 0 Å². The zero-order chi connectivity index (χ0) is 11.8. The number of rotatable bonds is 1. The number of para-hydroxylation sites is 1. The van der Waals surface area contributed by atoms with Gasteiger partial charge in [-0.3, -0.25) is 0 Å². The lowest BCUT2D eigenvalue weighted by molar-refractivity contribution is 0.448. The molecule has 1 N–H and O–H groups in total. The van der Waals surface area contributed by atoms with E-state index in [1.165, 1.54) is 23.9 Å². The van der Waals surface area contributed by atoms with Crippen LogP contribution in [0.4, 0.5) is 0 Å². The first-order valence-corrected chi connectivity index (χ1v) is 6.60. The van der Waals surface area contributed by atoms with E-state index >= 15 is 0 Å². The summed E-state index contributed by atoms with van der Waals surface area (Å²) in [5, 5.41) is 5.57.